The van der Waals surface area contributed by atoms with E-state index in [2.05, 4.69) is 23.9 Å². The third-order valence-corrected chi connectivity index (χ3v) is 4.77. The smallest absolute Gasteiger partial charge is 0.255 e. The van der Waals surface area contributed by atoms with E-state index in [-0.39, 0.29) is 12.0 Å². The first-order chi connectivity index (χ1) is 10.7. The highest BCUT2D eigenvalue weighted by Gasteiger charge is 2.34. The van der Waals surface area contributed by atoms with E-state index < -0.39 is 0 Å². The number of likely N-dealkylation sites (tertiary alicyclic amines) is 1. The SMILES string of the molecule is CCc1ccc(C(=O)N2CC[C@@H]3CN(C)CCO[C@@H]3C2)cn1. The van der Waals surface area contributed by atoms with Gasteiger partial charge in [-0.1, -0.05) is 6.92 Å². The number of amides is 1. The Kier molecular flexibility index (Phi) is 4.74. The number of carbonyl (C=O) groups is 1. The zero-order chi connectivity index (χ0) is 15.5. The summed E-state index contributed by atoms with van der Waals surface area (Å²) in [5.74, 6) is 0.618. The molecule has 2 saturated heterocycles. The minimum absolute atomic E-state index is 0.0785. The normalized spacial score (nSPS) is 26.4. The third-order valence-electron chi connectivity index (χ3n) is 4.77. The Balaban J connectivity index is 1.66. The van der Waals surface area contributed by atoms with Gasteiger partial charge in [0, 0.05) is 44.0 Å². The molecule has 0 radical (unpaired) electrons. The molecule has 0 spiro atoms. The van der Waals surface area contributed by atoms with E-state index in [1.807, 2.05) is 17.0 Å². The second-order valence-electron chi connectivity index (χ2n) is 6.36. The summed E-state index contributed by atoms with van der Waals surface area (Å²) in [6, 6.07) is 3.83. The van der Waals surface area contributed by atoms with Gasteiger partial charge in [0.1, 0.15) is 0 Å². The Morgan fingerprint density at radius 3 is 2.95 bits per heavy atom. The van der Waals surface area contributed by atoms with E-state index >= 15 is 0 Å². The fourth-order valence-corrected chi connectivity index (χ4v) is 3.34. The molecule has 0 saturated carbocycles. The molecular weight excluding hydrogens is 278 g/mol. The number of ether oxygens (including phenoxy) is 1. The molecule has 0 N–H and O–H groups in total. The molecule has 5 nitrogen and oxygen atoms in total. The summed E-state index contributed by atoms with van der Waals surface area (Å²) < 4.78 is 5.98. The van der Waals surface area contributed by atoms with Crippen LogP contribution in [-0.4, -0.2) is 66.6 Å². The lowest BCUT2D eigenvalue weighted by molar-refractivity contribution is -0.0170. The molecule has 0 bridgehead atoms. The fraction of sp³-hybridized carbons (Fsp3) is 0.647. The first kappa shape index (κ1) is 15.4. The molecule has 2 aliphatic heterocycles. The van der Waals surface area contributed by atoms with Gasteiger partial charge in [-0.05, 0) is 32.0 Å². The number of hydrogen-bond acceptors (Lipinski definition) is 4. The molecule has 5 heteroatoms. The highest BCUT2D eigenvalue weighted by Crippen LogP contribution is 2.24. The van der Waals surface area contributed by atoms with Gasteiger partial charge in [0.25, 0.3) is 5.91 Å². The van der Waals surface area contributed by atoms with Crippen molar-refractivity contribution in [2.75, 3.05) is 39.8 Å². The number of pyridine rings is 1. The van der Waals surface area contributed by atoms with E-state index in [4.69, 9.17) is 4.74 Å². The Hall–Kier alpha value is -1.46. The molecule has 0 unspecified atom stereocenters. The largest absolute Gasteiger partial charge is 0.375 e. The van der Waals surface area contributed by atoms with Crippen molar-refractivity contribution in [3.05, 3.63) is 29.6 Å². The predicted octanol–water partition coefficient (Wildman–Crippen LogP) is 1.44. The van der Waals surface area contributed by atoms with Gasteiger partial charge in [-0.15, -0.1) is 0 Å². The van der Waals surface area contributed by atoms with Crippen LogP contribution in [0, 0.1) is 5.92 Å². The lowest BCUT2D eigenvalue weighted by Gasteiger charge is -2.37. The van der Waals surface area contributed by atoms with Crippen LogP contribution < -0.4 is 0 Å². The van der Waals surface area contributed by atoms with Crippen LogP contribution >= 0.6 is 0 Å². The monoisotopic (exact) mass is 303 g/mol. The molecule has 1 aromatic heterocycles. The second-order valence-corrected chi connectivity index (χ2v) is 6.36. The molecule has 2 aliphatic rings. The molecule has 2 fully saturated rings. The van der Waals surface area contributed by atoms with Crippen molar-refractivity contribution in [2.24, 2.45) is 5.92 Å². The molecule has 3 rings (SSSR count). The topological polar surface area (TPSA) is 45.7 Å². The van der Waals surface area contributed by atoms with Crippen LogP contribution in [0.15, 0.2) is 18.3 Å². The molecular formula is C17H25N3O2. The number of aromatic nitrogens is 1. The number of hydrogen-bond donors (Lipinski definition) is 0. The number of carbonyl (C=O) groups excluding carboxylic acids is 1. The van der Waals surface area contributed by atoms with Crippen LogP contribution in [0.1, 0.15) is 29.4 Å². The van der Waals surface area contributed by atoms with Gasteiger partial charge in [-0.25, -0.2) is 0 Å². The summed E-state index contributed by atoms with van der Waals surface area (Å²) in [4.78, 5) is 21.2. The highest BCUT2D eigenvalue weighted by molar-refractivity contribution is 5.94. The average Bonchev–Trinajstić information content (AvgIpc) is 2.74. The lowest BCUT2D eigenvalue weighted by atomic mass is 9.93. The Morgan fingerprint density at radius 1 is 1.36 bits per heavy atom. The predicted molar refractivity (Wildman–Crippen MR) is 84.9 cm³/mol. The molecule has 120 valence electrons. The first-order valence-electron chi connectivity index (χ1n) is 8.21. The molecule has 1 aromatic rings. The van der Waals surface area contributed by atoms with E-state index in [1.165, 1.54) is 0 Å². The van der Waals surface area contributed by atoms with Crippen molar-refractivity contribution < 1.29 is 9.53 Å². The quantitative estimate of drug-likeness (QED) is 0.829. The van der Waals surface area contributed by atoms with Crippen molar-refractivity contribution in [2.45, 2.75) is 25.9 Å². The summed E-state index contributed by atoms with van der Waals surface area (Å²) in [6.45, 7) is 6.38. The average molecular weight is 303 g/mol. The molecule has 0 aromatic carbocycles. The van der Waals surface area contributed by atoms with Gasteiger partial charge < -0.3 is 14.5 Å². The van der Waals surface area contributed by atoms with Crippen LogP contribution in [-0.2, 0) is 11.2 Å². The van der Waals surface area contributed by atoms with E-state index in [0.717, 1.165) is 44.8 Å². The Morgan fingerprint density at radius 2 is 2.23 bits per heavy atom. The van der Waals surface area contributed by atoms with Crippen molar-refractivity contribution in [3.8, 4) is 0 Å². The molecule has 2 atom stereocenters. The number of rotatable bonds is 2. The summed E-state index contributed by atoms with van der Waals surface area (Å²) in [7, 11) is 2.14. The van der Waals surface area contributed by atoms with Gasteiger partial charge in [0.05, 0.1) is 18.3 Å². The Bertz CT molecular complexity index is 517. The van der Waals surface area contributed by atoms with E-state index in [1.54, 1.807) is 6.20 Å². The summed E-state index contributed by atoms with van der Waals surface area (Å²) in [5, 5.41) is 0. The molecule has 0 aliphatic carbocycles. The van der Waals surface area contributed by atoms with Gasteiger partial charge in [0.2, 0.25) is 0 Å². The summed E-state index contributed by atoms with van der Waals surface area (Å²) >= 11 is 0. The van der Waals surface area contributed by atoms with Crippen molar-refractivity contribution in [1.82, 2.24) is 14.8 Å². The number of fused-ring (bicyclic) bond motifs is 1. The van der Waals surface area contributed by atoms with Gasteiger partial charge in [-0.2, -0.15) is 0 Å². The summed E-state index contributed by atoms with van der Waals surface area (Å²) in [6.07, 6.45) is 3.78. The maximum absolute atomic E-state index is 12.6. The molecule has 22 heavy (non-hydrogen) atoms. The Labute approximate surface area is 132 Å². The number of piperidine rings is 1. The zero-order valence-electron chi connectivity index (χ0n) is 13.5. The minimum Gasteiger partial charge on any atom is -0.375 e. The van der Waals surface area contributed by atoms with Gasteiger partial charge in [-0.3, -0.25) is 9.78 Å². The molecule has 3 heterocycles. The second kappa shape index (κ2) is 6.75. The van der Waals surface area contributed by atoms with Crippen LogP contribution in [0.2, 0.25) is 0 Å². The first-order valence-corrected chi connectivity index (χ1v) is 8.21. The fourth-order valence-electron chi connectivity index (χ4n) is 3.34. The summed E-state index contributed by atoms with van der Waals surface area (Å²) in [5.41, 5.74) is 1.70. The zero-order valence-corrected chi connectivity index (χ0v) is 13.5. The molecule has 1 amide bonds. The van der Waals surface area contributed by atoms with Crippen molar-refractivity contribution in [3.63, 3.8) is 0 Å². The number of aryl methyl sites for hydroxylation is 1. The van der Waals surface area contributed by atoms with E-state index in [9.17, 15) is 4.79 Å². The minimum atomic E-state index is 0.0785. The standard InChI is InChI=1S/C17H25N3O2/c1-3-15-5-4-13(10-18-15)17(21)20-7-6-14-11-19(2)8-9-22-16(14)12-20/h4-5,10,14,16H,3,6-9,11-12H2,1-2H3/t14-,16-/m1/s1. The van der Waals surface area contributed by atoms with Crippen LogP contribution in [0.3, 0.4) is 0 Å². The maximum atomic E-state index is 12.6. The van der Waals surface area contributed by atoms with Gasteiger partial charge in [0.15, 0.2) is 0 Å². The van der Waals surface area contributed by atoms with Crippen molar-refractivity contribution in [1.29, 1.82) is 0 Å². The highest BCUT2D eigenvalue weighted by atomic mass is 16.5. The van der Waals surface area contributed by atoms with E-state index in [0.29, 0.717) is 18.0 Å². The van der Waals surface area contributed by atoms with Crippen LogP contribution in [0.4, 0.5) is 0 Å². The van der Waals surface area contributed by atoms with Gasteiger partial charge >= 0.3 is 0 Å². The number of nitrogens with zero attached hydrogens (tertiary/aromatic N) is 3. The van der Waals surface area contributed by atoms with Crippen LogP contribution in [0.5, 0.6) is 0 Å². The number of likely N-dealkylation sites (N-methyl/N-ethyl adjacent to an activating group) is 1. The van der Waals surface area contributed by atoms with Crippen LogP contribution in [0.25, 0.3) is 0 Å². The third kappa shape index (κ3) is 3.31. The van der Waals surface area contributed by atoms with Crippen molar-refractivity contribution >= 4 is 5.91 Å². The lowest BCUT2D eigenvalue weighted by Crippen LogP contribution is -2.48. The maximum Gasteiger partial charge on any atom is 0.255 e.